The van der Waals surface area contributed by atoms with Gasteiger partial charge in [-0.2, -0.15) is 0 Å². The first kappa shape index (κ1) is 22.0. The number of anilines is 1. The molecular weight excluding hydrogens is 352 g/mol. The second-order valence-electron chi connectivity index (χ2n) is 7.19. The number of carbonyl (C=O) groups excluding carboxylic acids is 1. The van der Waals surface area contributed by atoms with Crippen LogP contribution in [0.4, 0.5) is 5.82 Å². The van der Waals surface area contributed by atoms with E-state index in [4.69, 9.17) is 9.97 Å². The van der Waals surface area contributed by atoms with Gasteiger partial charge in [0.15, 0.2) is 0 Å². The van der Waals surface area contributed by atoms with Crippen LogP contribution in [0, 0.1) is 0 Å². The van der Waals surface area contributed by atoms with Crippen molar-refractivity contribution in [3.63, 3.8) is 0 Å². The number of rotatable bonds is 13. The molecule has 2 aromatic rings. The molecule has 0 bridgehead atoms. The Hall–Kier alpha value is -2.25. The van der Waals surface area contributed by atoms with Gasteiger partial charge in [-0.1, -0.05) is 19.1 Å². The van der Waals surface area contributed by atoms with Gasteiger partial charge in [0.2, 0.25) is 6.41 Å². The molecule has 7 heteroatoms. The first-order valence-electron chi connectivity index (χ1n) is 10.1. The largest absolute Gasteiger partial charge is 0.369 e. The van der Waals surface area contributed by atoms with Crippen molar-refractivity contribution in [2.45, 2.75) is 26.8 Å². The third kappa shape index (κ3) is 6.73. The van der Waals surface area contributed by atoms with Crippen LogP contribution in [0.2, 0.25) is 0 Å². The van der Waals surface area contributed by atoms with Crippen molar-refractivity contribution in [2.24, 2.45) is 0 Å². The third-order valence-electron chi connectivity index (χ3n) is 4.80. The minimum atomic E-state index is 0.671. The van der Waals surface area contributed by atoms with Gasteiger partial charge in [-0.05, 0) is 52.7 Å². The first-order chi connectivity index (χ1) is 13.6. The van der Waals surface area contributed by atoms with E-state index in [0.29, 0.717) is 6.54 Å². The molecule has 154 valence electrons. The number of amides is 1. The number of para-hydroxylation sites is 1. The lowest BCUT2D eigenvalue weighted by atomic mass is 10.2. The molecule has 1 N–H and O–H groups in total. The molecule has 0 fully saturated rings. The van der Waals surface area contributed by atoms with E-state index in [0.717, 1.165) is 74.6 Å². The van der Waals surface area contributed by atoms with Crippen LogP contribution in [0.1, 0.15) is 26.1 Å². The van der Waals surface area contributed by atoms with Gasteiger partial charge < -0.3 is 15.1 Å². The number of carbonyl (C=O) groups is 1. The Balaban J connectivity index is 2.11. The number of benzene rings is 1. The molecule has 28 heavy (non-hydrogen) atoms. The van der Waals surface area contributed by atoms with Crippen LogP contribution in [-0.2, 0) is 11.3 Å². The van der Waals surface area contributed by atoms with E-state index in [-0.39, 0.29) is 0 Å². The van der Waals surface area contributed by atoms with E-state index in [2.05, 4.69) is 42.2 Å². The highest BCUT2D eigenvalue weighted by atomic mass is 16.1. The van der Waals surface area contributed by atoms with Crippen LogP contribution in [0.15, 0.2) is 24.3 Å². The van der Waals surface area contributed by atoms with Crippen molar-refractivity contribution in [1.82, 2.24) is 24.7 Å². The van der Waals surface area contributed by atoms with Gasteiger partial charge in [0.05, 0.1) is 12.1 Å². The van der Waals surface area contributed by atoms with Crippen LogP contribution in [0.5, 0.6) is 0 Å². The van der Waals surface area contributed by atoms with Crippen LogP contribution >= 0.6 is 0 Å². The Morgan fingerprint density at radius 3 is 2.50 bits per heavy atom. The Morgan fingerprint density at radius 1 is 1.04 bits per heavy atom. The Morgan fingerprint density at radius 2 is 1.82 bits per heavy atom. The molecule has 1 heterocycles. The summed E-state index contributed by atoms with van der Waals surface area (Å²) >= 11 is 0. The van der Waals surface area contributed by atoms with Crippen molar-refractivity contribution < 1.29 is 4.79 Å². The molecule has 0 radical (unpaired) electrons. The number of aromatic nitrogens is 2. The SMILES string of the molecule is CCN(C=O)CCN(CC)Cc1nc(NCCCN(C)C)c2ccccc2n1. The lowest BCUT2D eigenvalue weighted by Crippen LogP contribution is -2.34. The fourth-order valence-electron chi connectivity index (χ4n) is 3.04. The minimum Gasteiger partial charge on any atom is -0.369 e. The number of nitrogens with one attached hydrogen (secondary N) is 1. The maximum absolute atomic E-state index is 11.0. The van der Waals surface area contributed by atoms with E-state index in [1.807, 2.05) is 25.1 Å². The van der Waals surface area contributed by atoms with Crippen LogP contribution in [0.3, 0.4) is 0 Å². The van der Waals surface area contributed by atoms with Gasteiger partial charge in [-0.25, -0.2) is 9.97 Å². The highest BCUT2D eigenvalue weighted by molar-refractivity contribution is 5.88. The number of hydrogen-bond donors (Lipinski definition) is 1. The molecule has 2 rings (SSSR count). The molecule has 0 aliphatic rings. The molecule has 0 aliphatic carbocycles. The zero-order chi connectivity index (χ0) is 20.4. The molecule has 1 aromatic heterocycles. The van der Waals surface area contributed by atoms with Gasteiger partial charge >= 0.3 is 0 Å². The summed E-state index contributed by atoms with van der Waals surface area (Å²) in [5, 5.41) is 4.55. The molecule has 0 atom stereocenters. The second kappa shape index (κ2) is 11.6. The topological polar surface area (TPSA) is 64.6 Å². The van der Waals surface area contributed by atoms with Crippen LogP contribution in [-0.4, -0.2) is 84.4 Å². The zero-order valence-electron chi connectivity index (χ0n) is 17.7. The van der Waals surface area contributed by atoms with E-state index >= 15 is 0 Å². The summed E-state index contributed by atoms with van der Waals surface area (Å²) in [6.07, 6.45) is 1.97. The normalized spacial score (nSPS) is 11.4. The lowest BCUT2D eigenvalue weighted by molar-refractivity contribution is -0.118. The fraction of sp³-hybridized carbons (Fsp3) is 0.571. The van der Waals surface area contributed by atoms with Crippen molar-refractivity contribution in [2.75, 3.05) is 58.7 Å². The first-order valence-corrected chi connectivity index (χ1v) is 10.1. The van der Waals surface area contributed by atoms with Crippen molar-refractivity contribution in [1.29, 1.82) is 0 Å². The molecule has 0 unspecified atom stereocenters. The standard InChI is InChI=1S/C21H34N6O/c1-5-26(14-15-27(6-2)17-28)16-20-23-19-11-8-7-10-18(19)21(24-20)22-12-9-13-25(3)4/h7-8,10-11,17H,5-6,9,12-16H2,1-4H3,(H,22,23,24). The molecule has 1 aromatic carbocycles. The molecule has 1 amide bonds. The van der Waals surface area contributed by atoms with Gasteiger partial charge in [-0.15, -0.1) is 0 Å². The number of nitrogens with zero attached hydrogens (tertiary/aromatic N) is 5. The van der Waals surface area contributed by atoms with Crippen molar-refractivity contribution >= 4 is 23.1 Å². The van der Waals surface area contributed by atoms with Gasteiger partial charge in [0.25, 0.3) is 0 Å². The van der Waals surface area contributed by atoms with E-state index in [1.165, 1.54) is 0 Å². The third-order valence-corrected chi connectivity index (χ3v) is 4.80. The van der Waals surface area contributed by atoms with Crippen LogP contribution in [0.25, 0.3) is 10.9 Å². The van der Waals surface area contributed by atoms with E-state index in [9.17, 15) is 4.79 Å². The predicted molar refractivity (Wildman–Crippen MR) is 115 cm³/mol. The molecule has 0 aliphatic heterocycles. The number of fused-ring (bicyclic) bond motifs is 1. The molecule has 0 saturated heterocycles. The second-order valence-corrected chi connectivity index (χ2v) is 7.19. The maximum Gasteiger partial charge on any atom is 0.209 e. The van der Waals surface area contributed by atoms with E-state index in [1.54, 1.807) is 4.90 Å². The highest BCUT2D eigenvalue weighted by Gasteiger charge is 2.11. The van der Waals surface area contributed by atoms with Gasteiger partial charge in [-0.3, -0.25) is 9.69 Å². The molecule has 7 nitrogen and oxygen atoms in total. The number of hydrogen-bond acceptors (Lipinski definition) is 6. The average Bonchev–Trinajstić information content (AvgIpc) is 2.70. The van der Waals surface area contributed by atoms with Crippen molar-refractivity contribution in [3.8, 4) is 0 Å². The quantitative estimate of drug-likeness (QED) is 0.421. The lowest BCUT2D eigenvalue weighted by Gasteiger charge is -2.23. The van der Waals surface area contributed by atoms with Gasteiger partial charge in [0.1, 0.15) is 11.6 Å². The minimum absolute atomic E-state index is 0.671. The Labute approximate surface area is 168 Å². The summed E-state index contributed by atoms with van der Waals surface area (Å²) in [7, 11) is 4.17. The summed E-state index contributed by atoms with van der Waals surface area (Å²) in [5.74, 6) is 1.71. The maximum atomic E-state index is 11.0. The fourth-order valence-corrected chi connectivity index (χ4v) is 3.04. The monoisotopic (exact) mass is 386 g/mol. The Bertz CT molecular complexity index is 736. The molecule has 0 saturated carbocycles. The highest BCUT2D eigenvalue weighted by Crippen LogP contribution is 2.20. The van der Waals surface area contributed by atoms with Crippen LogP contribution < -0.4 is 5.32 Å². The van der Waals surface area contributed by atoms with Gasteiger partial charge in [0, 0.05) is 31.6 Å². The molecular formula is C21H34N6O. The van der Waals surface area contributed by atoms with Crippen molar-refractivity contribution in [3.05, 3.63) is 30.1 Å². The summed E-state index contributed by atoms with van der Waals surface area (Å²) in [6.45, 7) is 9.85. The summed E-state index contributed by atoms with van der Waals surface area (Å²) in [5.41, 5.74) is 0.960. The predicted octanol–water partition coefficient (Wildman–Crippen LogP) is 2.29. The molecule has 0 spiro atoms. The summed E-state index contributed by atoms with van der Waals surface area (Å²) < 4.78 is 0. The van der Waals surface area contributed by atoms with E-state index < -0.39 is 0 Å². The Kier molecular flexibility index (Phi) is 9.10. The average molecular weight is 387 g/mol. The zero-order valence-corrected chi connectivity index (χ0v) is 17.7. The number of likely N-dealkylation sites (N-methyl/N-ethyl adjacent to an activating group) is 2. The smallest absolute Gasteiger partial charge is 0.209 e. The summed E-state index contributed by atoms with van der Waals surface area (Å²) in [4.78, 5) is 26.8. The summed E-state index contributed by atoms with van der Waals surface area (Å²) in [6, 6.07) is 8.13.